The highest BCUT2D eigenvalue weighted by atomic mass is 32.1. The number of thiocarbonyl (C=S) groups is 1. The van der Waals surface area contributed by atoms with Crippen molar-refractivity contribution in [2.45, 2.75) is 32.1 Å². The lowest BCUT2D eigenvalue weighted by Crippen LogP contribution is -2.31. The lowest BCUT2D eigenvalue weighted by Gasteiger charge is -2.18. The Morgan fingerprint density at radius 2 is 2.00 bits per heavy atom. The van der Waals surface area contributed by atoms with E-state index in [-0.39, 0.29) is 5.91 Å². The molecular weight excluding hydrogens is 320 g/mol. The molecule has 24 heavy (non-hydrogen) atoms. The molecule has 2 fully saturated rings. The van der Waals surface area contributed by atoms with Crippen LogP contribution in [0.4, 0.5) is 11.4 Å². The summed E-state index contributed by atoms with van der Waals surface area (Å²) in [6.07, 6.45) is 5.36. The fraction of sp³-hybridized carbons (Fsp3) is 0.556. The van der Waals surface area contributed by atoms with Gasteiger partial charge in [0.2, 0.25) is 5.91 Å². The lowest BCUT2D eigenvalue weighted by molar-refractivity contribution is -0.117. The highest BCUT2D eigenvalue weighted by Gasteiger charge is 2.21. The number of amides is 1. The van der Waals surface area contributed by atoms with Crippen molar-refractivity contribution in [3.63, 3.8) is 0 Å². The van der Waals surface area contributed by atoms with E-state index in [1.165, 1.54) is 25.9 Å². The van der Waals surface area contributed by atoms with Gasteiger partial charge in [-0.2, -0.15) is 0 Å². The van der Waals surface area contributed by atoms with Gasteiger partial charge in [0.25, 0.3) is 0 Å². The van der Waals surface area contributed by atoms with E-state index in [0.29, 0.717) is 11.5 Å². The first-order valence-electron chi connectivity index (χ1n) is 8.90. The molecule has 0 radical (unpaired) electrons. The number of carbonyl (C=O) groups excluding carboxylic acids is 1. The van der Waals surface area contributed by atoms with Crippen LogP contribution < -0.4 is 15.5 Å². The molecule has 0 unspecified atom stereocenters. The Balaban J connectivity index is 1.43. The van der Waals surface area contributed by atoms with Gasteiger partial charge in [-0.05, 0) is 75.7 Å². The fourth-order valence-corrected chi connectivity index (χ4v) is 3.58. The van der Waals surface area contributed by atoms with E-state index >= 15 is 0 Å². The molecule has 2 aliphatic rings. The molecule has 0 saturated carbocycles. The number of hydrogen-bond donors (Lipinski definition) is 2. The quantitative estimate of drug-likeness (QED) is 0.612. The zero-order valence-electron chi connectivity index (χ0n) is 14.1. The number of nitrogens with zero attached hydrogens (tertiary/aromatic N) is 2. The van der Waals surface area contributed by atoms with Crippen LogP contribution in [0.3, 0.4) is 0 Å². The lowest BCUT2D eigenvalue weighted by atomic mass is 10.2. The maximum absolute atomic E-state index is 11.9. The van der Waals surface area contributed by atoms with Crippen LogP contribution in [0.2, 0.25) is 0 Å². The van der Waals surface area contributed by atoms with E-state index in [0.717, 1.165) is 43.9 Å². The minimum absolute atomic E-state index is 0.203. The van der Waals surface area contributed by atoms with Crippen molar-refractivity contribution in [3.05, 3.63) is 24.3 Å². The first kappa shape index (κ1) is 17.2. The molecule has 2 aliphatic heterocycles. The molecule has 1 amide bonds. The van der Waals surface area contributed by atoms with Gasteiger partial charge in [-0.1, -0.05) is 6.07 Å². The summed E-state index contributed by atoms with van der Waals surface area (Å²) in [5.74, 6) is 0.203. The number of anilines is 2. The highest BCUT2D eigenvalue weighted by molar-refractivity contribution is 7.80. The van der Waals surface area contributed by atoms with Crippen molar-refractivity contribution in [1.82, 2.24) is 10.2 Å². The second-order valence-corrected chi connectivity index (χ2v) is 6.89. The fourth-order valence-electron chi connectivity index (χ4n) is 3.36. The number of rotatable bonds is 6. The standard InChI is InChI=1S/C18H26N4OS/c23-17-8-4-13-22(17)16-7-3-6-15(14-16)20-18(24)19-9-5-12-21-10-1-2-11-21/h3,6-7,14H,1-2,4-5,8-13H2,(H2,19,20,24). The van der Waals surface area contributed by atoms with Gasteiger partial charge >= 0.3 is 0 Å². The van der Waals surface area contributed by atoms with Gasteiger partial charge in [-0.15, -0.1) is 0 Å². The van der Waals surface area contributed by atoms with Crippen LogP contribution in [-0.2, 0) is 4.79 Å². The van der Waals surface area contributed by atoms with Crippen molar-refractivity contribution >= 4 is 34.6 Å². The number of benzene rings is 1. The van der Waals surface area contributed by atoms with Crippen molar-refractivity contribution in [1.29, 1.82) is 0 Å². The Bertz CT molecular complexity index is 586. The summed E-state index contributed by atoms with van der Waals surface area (Å²) in [4.78, 5) is 16.2. The van der Waals surface area contributed by atoms with Crippen molar-refractivity contribution in [2.24, 2.45) is 0 Å². The van der Waals surface area contributed by atoms with Crippen molar-refractivity contribution < 1.29 is 4.79 Å². The normalized spacial score (nSPS) is 18.2. The van der Waals surface area contributed by atoms with Crippen molar-refractivity contribution in [3.8, 4) is 0 Å². The van der Waals surface area contributed by atoms with Gasteiger partial charge in [-0.3, -0.25) is 4.79 Å². The summed E-state index contributed by atoms with van der Waals surface area (Å²) in [6.45, 7) is 5.31. The number of carbonyl (C=O) groups is 1. The molecule has 6 heteroatoms. The van der Waals surface area contributed by atoms with Crippen LogP contribution in [0.25, 0.3) is 0 Å². The highest BCUT2D eigenvalue weighted by Crippen LogP contribution is 2.24. The van der Waals surface area contributed by atoms with Gasteiger partial charge < -0.3 is 20.4 Å². The summed E-state index contributed by atoms with van der Waals surface area (Å²) in [7, 11) is 0. The molecule has 0 spiro atoms. The summed E-state index contributed by atoms with van der Waals surface area (Å²) in [5.41, 5.74) is 1.86. The van der Waals surface area contributed by atoms with Crippen LogP contribution in [0.5, 0.6) is 0 Å². The molecule has 130 valence electrons. The van der Waals surface area contributed by atoms with Gasteiger partial charge in [0.15, 0.2) is 5.11 Å². The van der Waals surface area contributed by atoms with E-state index in [4.69, 9.17) is 12.2 Å². The Labute approximate surface area is 149 Å². The Kier molecular flexibility index (Phi) is 6.04. The first-order chi connectivity index (χ1) is 11.7. The monoisotopic (exact) mass is 346 g/mol. The third kappa shape index (κ3) is 4.68. The molecule has 2 heterocycles. The summed E-state index contributed by atoms with van der Waals surface area (Å²) >= 11 is 5.37. The average molecular weight is 347 g/mol. The third-order valence-electron chi connectivity index (χ3n) is 4.62. The van der Waals surface area contributed by atoms with Crippen LogP contribution in [0.15, 0.2) is 24.3 Å². The van der Waals surface area contributed by atoms with Gasteiger partial charge in [0.1, 0.15) is 0 Å². The van der Waals surface area contributed by atoms with E-state index in [9.17, 15) is 4.79 Å². The molecule has 1 aromatic carbocycles. The van der Waals surface area contributed by atoms with Crippen LogP contribution in [-0.4, -0.2) is 48.6 Å². The summed E-state index contributed by atoms with van der Waals surface area (Å²) < 4.78 is 0. The third-order valence-corrected chi connectivity index (χ3v) is 4.87. The molecule has 0 atom stereocenters. The van der Waals surface area contributed by atoms with Crippen molar-refractivity contribution in [2.75, 3.05) is 42.9 Å². The zero-order valence-corrected chi connectivity index (χ0v) is 14.9. The SMILES string of the molecule is O=C1CCCN1c1cccc(NC(=S)NCCCN2CCCC2)c1. The molecule has 5 nitrogen and oxygen atoms in total. The Morgan fingerprint density at radius 3 is 2.75 bits per heavy atom. The van der Waals surface area contributed by atoms with E-state index < -0.39 is 0 Å². The average Bonchev–Trinajstić information content (AvgIpc) is 3.23. The number of hydrogen-bond acceptors (Lipinski definition) is 3. The topological polar surface area (TPSA) is 47.6 Å². The predicted octanol–water partition coefficient (Wildman–Crippen LogP) is 2.59. The first-order valence-corrected chi connectivity index (χ1v) is 9.31. The molecule has 0 aliphatic carbocycles. The van der Waals surface area contributed by atoms with E-state index in [2.05, 4.69) is 15.5 Å². The van der Waals surface area contributed by atoms with E-state index in [1.54, 1.807) is 0 Å². The summed E-state index contributed by atoms with van der Waals surface area (Å²) in [6, 6.07) is 7.89. The van der Waals surface area contributed by atoms with Crippen LogP contribution in [0.1, 0.15) is 32.1 Å². The number of likely N-dealkylation sites (tertiary alicyclic amines) is 1. The molecular formula is C18H26N4OS. The molecule has 0 aromatic heterocycles. The minimum atomic E-state index is 0.203. The molecule has 3 rings (SSSR count). The van der Waals surface area contributed by atoms with Gasteiger partial charge in [0, 0.05) is 30.9 Å². The van der Waals surface area contributed by atoms with E-state index in [1.807, 2.05) is 29.2 Å². The van der Waals surface area contributed by atoms with Gasteiger partial charge in [-0.25, -0.2) is 0 Å². The largest absolute Gasteiger partial charge is 0.362 e. The van der Waals surface area contributed by atoms with Crippen LogP contribution >= 0.6 is 12.2 Å². The van der Waals surface area contributed by atoms with Crippen LogP contribution in [0, 0.1) is 0 Å². The molecule has 2 saturated heterocycles. The zero-order chi connectivity index (χ0) is 16.8. The number of nitrogens with one attached hydrogen (secondary N) is 2. The molecule has 2 N–H and O–H groups in total. The van der Waals surface area contributed by atoms with Gasteiger partial charge in [0.05, 0.1) is 0 Å². The maximum Gasteiger partial charge on any atom is 0.227 e. The summed E-state index contributed by atoms with van der Waals surface area (Å²) in [5, 5.41) is 7.12. The Morgan fingerprint density at radius 1 is 1.17 bits per heavy atom. The Hall–Kier alpha value is -1.66. The maximum atomic E-state index is 11.9. The predicted molar refractivity (Wildman–Crippen MR) is 103 cm³/mol. The smallest absolute Gasteiger partial charge is 0.227 e. The minimum Gasteiger partial charge on any atom is -0.362 e. The second kappa shape index (κ2) is 8.44. The molecule has 0 bridgehead atoms. The molecule has 1 aromatic rings. The second-order valence-electron chi connectivity index (χ2n) is 6.48.